The van der Waals surface area contributed by atoms with Gasteiger partial charge in [0.05, 0.1) is 11.9 Å². The molecule has 6 nitrogen and oxygen atoms in total. The molecule has 0 unspecified atom stereocenters. The number of anilines is 1. The third kappa shape index (κ3) is 2.55. The molecular formula is C15H19N5OS. The second-order valence-electron chi connectivity index (χ2n) is 6.26. The van der Waals surface area contributed by atoms with E-state index in [2.05, 4.69) is 27.3 Å². The Morgan fingerprint density at radius 2 is 2.32 bits per heavy atom. The van der Waals surface area contributed by atoms with Crippen molar-refractivity contribution in [2.75, 3.05) is 18.9 Å². The molecule has 1 fully saturated rings. The second kappa shape index (κ2) is 5.17. The number of thiazole rings is 1. The number of amides is 1. The largest absolute Gasteiger partial charge is 0.302 e. The number of hydrogen-bond donors (Lipinski definition) is 1. The van der Waals surface area contributed by atoms with Gasteiger partial charge in [-0.1, -0.05) is 0 Å². The lowest BCUT2D eigenvalue weighted by atomic mass is 10.2. The molecule has 3 heterocycles. The van der Waals surface area contributed by atoms with Gasteiger partial charge in [-0.15, -0.1) is 11.3 Å². The Morgan fingerprint density at radius 1 is 1.45 bits per heavy atom. The van der Waals surface area contributed by atoms with Crippen LogP contribution < -0.4 is 5.32 Å². The molecule has 1 aliphatic heterocycles. The van der Waals surface area contributed by atoms with E-state index < -0.39 is 0 Å². The number of rotatable bonds is 3. The lowest BCUT2D eigenvalue weighted by Crippen LogP contribution is -2.25. The van der Waals surface area contributed by atoms with Gasteiger partial charge >= 0.3 is 0 Å². The maximum Gasteiger partial charge on any atom is 0.229 e. The Balaban J connectivity index is 1.41. The molecule has 4 rings (SSSR count). The molecule has 116 valence electrons. The standard InChI is InChI=1S/C15H19N5OS/c1-19-4-3-12-13(8-19)22-15(17-12)18-14(21)11-5-10(11)9-6-16-20(2)7-9/h6-7,10-11H,3-5,8H2,1-2H3,(H,17,18,21)/t10-,11+/m0/s1. The van der Waals surface area contributed by atoms with E-state index >= 15 is 0 Å². The van der Waals surface area contributed by atoms with Crippen molar-refractivity contribution < 1.29 is 4.79 Å². The van der Waals surface area contributed by atoms with Gasteiger partial charge in [0.25, 0.3) is 0 Å². The first-order chi connectivity index (χ1) is 10.6. The summed E-state index contributed by atoms with van der Waals surface area (Å²) in [5, 5.41) is 7.93. The van der Waals surface area contributed by atoms with Gasteiger partial charge in [0.15, 0.2) is 5.13 Å². The van der Waals surface area contributed by atoms with Crippen LogP contribution in [0.3, 0.4) is 0 Å². The minimum atomic E-state index is 0.0628. The van der Waals surface area contributed by atoms with Gasteiger partial charge in [0, 0.05) is 43.5 Å². The van der Waals surface area contributed by atoms with Gasteiger partial charge in [0.1, 0.15) is 0 Å². The molecule has 7 heteroatoms. The van der Waals surface area contributed by atoms with Gasteiger partial charge in [-0.05, 0) is 24.9 Å². The van der Waals surface area contributed by atoms with Crippen LogP contribution in [0.25, 0.3) is 0 Å². The number of carbonyl (C=O) groups excluding carboxylic acids is 1. The fraction of sp³-hybridized carbons (Fsp3) is 0.533. The van der Waals surface area contributed by atoms with Crippen molar-refractivity contribution in [3.05, 3.63) is 28.5 Å². The molecule has 0 saturated heterocycles. The summed E-state index contributed by atoms with van der Waals surface area (Å²) >= 11 is 1.61. The zero-order valence-electron chi connectivity index (χ0n) is 12.7. The van der Waals surface area contributed by atoms with E-state index in [1.54, 1.807) is 16.0 Å². The normalized spacial score (nSPS) is 24.1. The van der Waals surface area contributed by atoms with Crippen LogP contribution in [-0.4, -0.2) is 39.2 Å². The average Bonchev–Trinajstić information content (AvgIpc) is 3.01. The molecule has 0 spiro atoms. The first-order valence-electron chi connectivity index (χ1n) is 7.56. The Bertz CT molecular complexity index is 721. The third-order valence-corrected chi connectivity index (χ3v) is 5.43. The fourth-order valence-corrected chi connectivity index (χ4v) is 4.15. The monoisotopic (exact) mass is 317 g/mol. The molecule has 1 saturated carbocycles. The second-order valence-corrected chi connectivity index (χ2v) is 7.35. The summed E-state index contributed by atoms with van der Waals surface area (Å²) in [6, 6.07) is 0. The number of likely N-dealkylation sites (N-methyl/N-ethyl adjacent to an activating group) is 1. The van der Waals surface area contributed by atoms with Gasteiger partial charge < -0.3 is 10.2 Å². The predicted molar refractivity (Wildman–Crippen MR) is 84.8 cm³/mol. The zero-order valence-corrected chi connectivity index (χ0v) is 13.6. The molecule has 2 aromatic heterocycles. The van der Waals surface area contributed by atoms with Crippen molar-refractivity contribution in [1.82, 2.24) is 19.7 Å². The molecule has 0 aromatic carbocycles. The van der Waals surface area contributed by atoms with Crippen molar-refractivity contribution in [2.45, 2.75) is 25.3 Å². The van der Waals surface area contributed by atoms with Crippen molar-refractivity contribution in [1.29, 1.82) is 0 Å². The van der Waals surface area contributed by atoms with Crippen LogP contribution in [-0.2, 0) is 24.8 Å². The van der Waals surface area contributed by atoms with Crippen LogP contribution in [0.1, 0.15) is 28.5 Å². The van der Waals surface area contributed by atoms with Crippen molar-refractivity contribution in [3.8, 4) is 0 Å². The number of hydrogen-bond acceptors (Lipinski definition) is 5. The summed E-state index contributed by atoms with van der Waals surface area (Å²) < 4.78 is 1.79. The maximum atomic E-state index is 12.4. The summed E-state index contributed by atoms with van der Waals surface area (Å²) in [6.07, 6.45) is 5.73. The first kappa shape index (κ1) is 13.9. The number of nitrogens with zero attached hydrogens (tertiary/aromatic N) is 4. The lowest BCUT2D eigenvalue weighted by Gasteiger charge is -2.20. The first-order valence-corrected chi connectivity index (χ1v) is 8.38. The summed E-state index contributed by atoms with van der Waals surface area (Å²) in [5.74, 6) is 0.468. The van der Waals surface area contributed by atoms with E-state index in [1.165, 1.54) is 4.88 Å². The van der Waals surface area contributed by atoms with E-state index in [0.717, 1.165) is 42.3 Å². The molecule has 0 bridgehead atoms. The van der Waals surface area contributed by atoms with Crippen LogP contribution >= 0.6 is 11.3 Å². The minimum Gasteiger partial charge on any atom is -0.302 e. The fourth-order valence-electron chi connectivity index (χ4n) is 3.06. The number of carbonyl (C=O) groups is 1. The van der Waals surface area contributed by atoms with Gasteiger partial charge in [-0.2, -0.15) is 5.10 Å². The van der Waals surface area contributed by atoms with E-state index in [0.29, 0.717) is 5.92 Å². The van der Waals surface area contributed by atoms with Gasteiger partial charge in [-0.25, -0.2) is 4.98 Å². The molecule has 1 aliphatic carbocycles. The Kier molecular flexibility index (Phi) is 3.27. The van der Waals surface area contributed by atoms with E-state index in [-0.39, 0.29) is 11.8 Å². The molecule has 2 atom stereocenters. The zero-order chi connectivity index (χ0) is 15.3. The highest BCUT2D eigenvalue weighted by Crippen LogP contribution is 2.48. The number of aromatic nitrogens is 3. The molecule has 2 aliphatic rings. The predicted octanol–water partition coefficient (Wildman–Crippen LogP) is 1.61. The van der Waals surface area contributed by atoms with Crippen molar-refractivity contribution >= 4 is 22.4 Å². The number of nitrogens with one attached hydrogen (secondary N) is 1. The van der Waals surface area contributed by atoms with E-state index in [1.807, 2.05) is 19.4 Å². The van der Waals surface area contributed by atoms with Gasteiger partial charge in [-0.3, -0.25) is 9.48 Å². The highest BCUT2D eigenvalue weighted by molar-refractivity contribution is 7.15. The van der Waals surface area contributed by atoms with Crippen LogP contribution in [0.2, 0.25) is 0 Å². The highest BCUT2D eigenvalue weighted by atomic mass is 32.1. The smallest absolute Gasteiger partial charge is 0.229 e. The van der Waals surface area contributed by atoms with Crippen molar-refractivity contribution in [3.63, 3.8) is 0 Å². The maximum absolute atomic E-state index is 12.4. The molecular weight excluding hydrogens is 298 g/mol. The average molecular weight is 317 g/mol. The van der Waals surface area contributed by atoms with E-state index in [9.17, 15) is 4.79 Å². The summed E-state index contributed by atoms with van der Waals surface area (Å²) in [7, 11) is 4.02. The molecule has 2 aromatic rings. The molecule has 1 N–H and O–H groups in total. The Morgan fingerprint density at radius 3 is 3.09 bits per heavy atom. The van der Waals surface area contributed by atoms with Crippen LogP contribution in [0.5, 0.6) is 0 Å². The van der Waals surface area contributed by atoms with Gasteiger partial charge in [0.2, 0.25) is 5.91 Å². The summed E-state index contributed by atoms with van der Waals surface area (Å²) in [5.41, 5.74) is 2.31. The summed E-state index contributed by atoms with van der Waals surface area (Å²) in [6.45, 7) is 1.97. The topological polar surface area (TPSA) is 63.1 Å². The molecule has 0 radical (unpaired) electrons. The molecule has 22 heavy (non-hydrogen) atoms. The highest BCUT2D eigenvalue weighted by Gasteiger charge is 2.44. The quantitative estimate of drug-likeness (QED) is 0.934. The lowest BCUT2D eigenvalue weighted by molar-refractivity contribution is -0.117. The molecule has 1 amide bonds. The van der Waals surface area contributed by atoms with Crippen LogP contribution in [0.4, 0.5) is 5.13 Å². The van der Waals surface area contributed by atoms with Crippen molar-refractivity contribution in [2.24, 2.45) is 13.0 Å². The van der Waals surface area contributed by atoms with Crippen LogP contribution in [0.15, 0.2) is 12.4 Å². The number of aryl methyl sites for hydroxylation is 1. The Labute approximate surface area is 133 Å². The third-order valence-electron chi connectivity index (χ3n) is 4.43. The number of fused-ring (bicyclic) bond motifs is 1. The van der Waals surface area contributed by atoms with Crippen LogP contribution in [0, 0.1) is 5.92 Å². The SMILES string of the molecule is CN1CCc2nc(NC(=O)[C@@H]3C[C@H]3c3cnn(C)c3)sc2C1. The van der Waals surface area contributed by atoms with E-state index in [4.69, 9.17) is 0 Å². The summed E-state index contributed by atoms with van der Waals surface area (Å²) in [4.78, 5) is 20.5. The minimum absolute atomic E-state index is 0.0628. The Hall–Kier alpha value is -1.73.